The van der Waals surface area contributed by atoms with Crippen molar-refractivity contribution in [3.63, 3.8) is 0 Å². The molecule has 3 N–H and O–H groups in total. The Morgan fingerprint density at radius 2 is 1.64 bits per heavy atom. The summed E-state index contributed by atoms with van der Waals surface area (Å²) in [5, 5.41) is 3.03. The summed E-state index contributed by atoms with van der Waals surface area (Å²) in [7, 11) is 0. The maximum absolute atomic E-state index is 12.4. The lowest BCUT2D eigenvalue weighted by Gasteiger charge is -2.35. The SMILES string of the molecule is NCC1(CC(=O)Nc2ccc(Cc3ccncc3)cc2)CCCCC1. The average molecular weight is 337 g/mol. The Balaban J connectivity index is 1.56. The first-order chi connectivity index (χ1) is 12.2. The van der Waals surface area contributed by atoms with Crippen LogP contribution in [0.5, 0.6) is 0 Å². The number of anilines is 1. The molecule has 1 aromatic carbocycles. The molecule has 1 fully saturated rings. The largest absolute Gasteiger partial charge is 0.330 e. The summed E-state index contributed by atoms with van der Waals surface area (Å²) < 4.78 is 0. The first-order valence-corrected chi connectivity index (χ1v) is 9.17. The van der Waals surface area contributed by atoms with Crippen LogP contribution < -0.4 is 11.1 Å². The number of nitrogens with one attached hydrogen (secondary N) is 1. The van der Waals surface area contributed by atoms with Gasteiger partial charge in [-0.3, -0.25) is 9.78 Å². The summed E-state index contributed by atoms with van der Waals surface area (Å²) in [6, 6.07) is 12.1. The molecule has 0 atom stereocenters. The third kappa shape index (κ3) is 4.89. The summed E-state index contributed by atoms with van der Waals surface area (Å²) in [6.45, 7) is 0.602. The highest BCUT2D eigenvalue weighted by Gasteiger charge is 2.32. The third-order valence-electron chi connectivity index (χ3n) is 5.28. The van der Waals surface area contributed by atoms with Gasteiger partial charge in [0.2, 0.25) is 5.91 Å². The number of nitrogens with zero attached hydrogens (tertiary/aromatic N) is 1. The van der Waals surface area contributed by atoms with E-state index in [4.69, 9.17) is 5.73 Å². The molecule has 0 radical (unpaired) electrons. The number of carbonyl (C=O) groups is 1. The van der Waals surface area contributed by atoms with Crippen molar-refractivity contribution in [3.05, 3.63) is 59.9 Å². The predicted octanol–water partition coefficient (Wildman–Crippen LogP) is 3.91. The van der Waals surface area contributed by atoms with E-state index in [2.05, 4.69) is 22.4 Å². The molecule has 0 saturated heterocycles. The molecule has 2 aromatic rings. The van der Waals surface area contributed by atoms with Gasteiger partial charge in [0.05, 0.1) is 0 Å². The summed E-state index contributed by atoms with van der Waals surface area (Å²) >= 11 is 0. The number of amides is 1. The molecular formula is C21H27N3O. The Labute approximate surface area is 149 Å². The Morgan fingerprint density at radius 1 is 1.00 bits per heavy atom. The van der Waals surface area contributed by atoms with Gasteiger partial charge in [-0.2, -0.15) is 0 Å². The molecule has 4 heteroatoms. The van der Waals surface area contributed by atoms with Crippen LogP contribution in [0.1, 0.15) is 49.7 Å². The van der Waals surface area contributed by atoms with Crippen molar-refractivity contribution in [3.8, 4) is 0 Å². The number of nitrogens with two attached hydrogens (primary N) is 1. The number of carbonyl (C=O) groups excluding carboxylic acids is 1. The van der Waals surface area contributed by atoms with Crippen LogP contribution >= 0.6 is 0 Å². The third-order valence-corrected chi connectivity index (χ3v) is 5.28. The van der Waals surface area contributed by atoms with Gasteiger partial charge in [0.15, 0.2) is 0 Å². The molecule has 1 saturated carbocycles. The molecule has 0 bridgehead atoms. The van der Waals surface area contributed by atoms with Crippen LogP contribution in [0.25, 0.3) is 0 Å². The van der Waals surface area contributed by atoms with Gasteiger partial charge in [-0.15, -0.1) is 0 Å². The minimum absolute atomic E-state index is 0.00359. The van der Waals surface area contributed by atoms with Gasteiger partial charge in [0.25, 0.3) is 0 Å². The van der Waals surface area contributed by atoms with Crippen molar-refractivity contribution in [1.29, 1.82) is 0 Å². The van der Waals surface area contributed by atoms with Crippen LogP contribution in [0.2, 0.25) is 0 Å². The van der Waals surface area contributed by atoms with Gasteiger partial charge >= 0.3 is 0 Å². The van der Waals surface area contributed by atoms with Gasteiger partial charge in [-0.1, -0.05) is 31.4 Å². The average Bonchev–Trinajstić information content (AvgIpc) is 2.65. The van der Waals surface area contributed by atoms with Gasteiger partial charge in [-0.25, -0.2) is 0 Å². The van der Waals surface area contributed by atoms with E-state index >= 15 is 0 Å². The number of pyridine rings is 1. The minimum atomic E-state index is 0.00359. The zero-order chi connectivity index (χ0) is 17.5. The lowest BCUT2D eigenvalue weighted by Crippen LogP contribution is -2.36. The lowest BCUT2D eigenvalue weighted by molar-refractivity contribution is -0.118. The van der Waals surface area contributed by atoms with E-state index in [1.165, 1.54) is 30.4 Å². The van der Waals surface area contributed by atoms with Crippen molar-refractivity contribution < 1.29 is 4.79 Å². The maximum Gasteiger partial charge on any atom is 0.224 e. The van der Waals surface area contributed by atoms with Crippen molar-refractivity contribution in [2.24, 2.45) is 11.1 Å². The van der Waals surface area contributed by atoms with E-state index in [0.29, 0.717) is 13.0 Å². The fourth-order valence-corrected chi connectivity index (χ4v) is 3.74. The Hall–Kier alpha value is -2.20. The van der Waals surface area contributed by atoms with Crippen molar-refractivity contribution in [1.82, 2.24) is 4.98 Å². The highest BCUT2D eigenvalue weighted by molar-refractivity contribution is 5.91. The van der Waals surface area contributed by atoms with Crippen LogP contribution in [0, 0.1) is 5.41 Å². The van der Waals surface area contributed by atoms with Crippen LogP contribution in [0.4, 0.5) is 5.69 Å². The van der Waals surface area contributed by atoms with Gasteiger partial charge in [-0.05, 0) is 66.6 Å². The van der Waals surface area contributed by atoms with E-state index in [-0.39, 0.29) is 11.3 Å². The number of hydrogen-bond donors (Lipinski definition) is 2. The molecule has 1 amide bonds. The first kappa shape index (κ1) is 17.6. The van der Waals surface area contributed by atoms with Gasteiger partial charge in [0, 0.05) is 24.5 Å². The maximum atomic E-state index is 12.4. The van der Waals surface area contributed by atoms with Crippen LogP contribution in [-0.2, 0) is 11.2 Å². The Kier molecular flexibility index (Phi) is 5.82. The molecule has 25 heavy (non-hydrogen) atoms. The van der Waals surface area contributed by atoms with E-state index in [1.54, 1.807) is 0 Å². The molecular weight excluding hydrogens is 310 g/mol. The molecule has 1 heterocycles. The standard InChI is InChI=1S/C21H27N3O/c22-16-21(10-2-1-3-11-21)15-20(25)24-19-6-4-17(5-7-19)14-18-8-12-23-13-9-18/h4-9,12-13H,1-3,10-11,14-16,22H2,(H,24,25). The molecule has 1 aromatic heterocycles. The van der Waals surface area contributed by atoms with Crippen molar-refractivity contribution in [2.75, 3.05) is 11.9 Å². The monoisotopic (exact) mass is 337 g/mol. The van der Waals surface area contributed by atoms with Crippen molar-refractivity contribution >= 4 is 11.6 Å². The van der Waals surface area contributed by atoms with Crippen LogP contribution in [-0.4, -0.2) is 17.4 Å². The van der Waals surface area contributed by atoms with E-state index < -0.39 is 0 Å². The van der Waals surface area contributed by atoms with E-state index in [0.717, 1.165) is 24.9 Å². The van der Waals surface area contributed by atoms with Crippen LogP contribution in [0.15, 0.2) is 48.8 Å². The summed E-state index contributed by atoms with van der Waals surface area (Å²) in [5.41, 5.74) is 9.29. The normalized spacial score (nSPS) is 16.4. The smallest absolute Gasteiger partial charge is 0.224 e. The summed E-state index contributed by atoms with van der Waals surface area (Å²) in [6.07, 6.45) is 10.8. The quantitative estimate of drug-likeness (QED) is 0.840. The van der Waals surface area contributed by atoms with Gasteiger partial charge in [0.1, 0.15) is 0 Å². The molecule has 3 rings (SSSR count). The molecule has 0 unspecified atom stereocenters. The highest BCUT2D eigenvalue weighted by Crippen LogP contribution is 2.38. The lowest BCUT2D eigenvalue weighted by atomic mass is 9.71. The first-order valence-electron chi connectivity index (χ1n) is 9.17. The molecule has 0 spiro atoms. The zero-order valence-electron chi connectivity index (χ0n) is 14.7. The molecule has 132 valence electrons. The fourth-order valence-electron chi connectivity index (χ4n) is 3.74. The second-order valence-corrected chi connectivity index (χ2v) is 7.22. The van der Waals surface area contributed by atoms with Crippen molar-refractivity contribution in [2.45, 2.75) is 44.9 Å². The Morgan fingerprint density at radius 3 is 2.28 bits per heavy atom. The number of rotatable bonds is 6. The second-order valence-electron chi connectivity index (χ2n) is 7.22. The number of aromatic nitrogens is 1. The predicted molar refractivity (Wildman–Crippen MR) is 101 cm³/mol. The van der Waals surface area contributed by atoms with E-state index in [1.807, 2.05) is 36.7 Å². The summed E-state index contributed by atoms with van der Waals surface area (Å²) in [4.78, 5) is 16.5. The van der Waals surface area contributed by atoms with Crippen LogP contribution in [0.3, 0.4) is 0 Å². The van der Waals surface area contributed by atoms with E-state index in [9.17, 15) is 4.79 Å². The molecule has 0 aliphatic heterocycles. The molecule has 1 aliphatic rings. The number of hydrogen-bond acceptors (Lipinski definition) is 3. The second kappa shape index (κ2) is 8.26. The van der Waals surface area contributed by atoms with Gasteiger partial charge < -0.3 is 11.1 Å². The summed E-state index contributed by atoms with van der Waals surface area (Å²) in [5.74, 6) is 0.0780. The highest BCUT2D eigenvalue weighted by atomic mass is 16.1. The molecule has 1 aliphatic carbocycles. The topological polar surface area (TPSA) is 68.0 Å². The molecule has 4 nitrogen and oxygen atoms in total. The number of benzene rings is 1. The Bertz CT molecular complexity index is 676. The fraction of sp³-hybridized carbons (Fsp3) is 0.429. The zero-order valence-corrected chi connectivity index (χ0v) is 14.7. The minimum Gasteiger partial charge on any atom is -0.330 e.